The van der Waals surface area contributed by atoms with Crippen LogP contribution in [0.1, 0.15) is 25.7 Å². The van der Waals surface area contributed by atoms with Gasteiger partial charge in [0.15, 0.2) is 0 Å². The lowest BCUT2D eigenvalue weighted by atomic mass is 10.0. The van der Waals surface area contributed by atoms with Gasteiger partial charge in [-0.3, -0.25) is 0 Å². The smallest absolute Gasteiger partial charge is 0.0723 e. The van der Waals surface area contributed by atoms with Crippen molar-refractivity contribution in [2.24, 2.45) is 11.8 Å². The van der Waals surface area contributed by atoms with Crippen LogP contribution in [0.25, 0.3) is 0 Å². The van der Waals surface area contributed by atoms with Crippen LogP contribution in [-0.2, 0) is 0 Å². The third kappa shape index (κ3) is 1.24. The number of rotatable bonds is 0. The molecule has 3 unspecified atom stereocenters. The van der Waals surface area contributed by atoms with Crippen LogP contribution in [0.2, 0.25) is 0 Å². The van der Waals surface area contributed by atoms with Crippen molar-refractivity contribution in [3.8, 4) is 0 Å². The second kappa shape index (κ2) is 2.39. The predicted molar refractivity (Wildman–Crippen MR) is 40.6 cm³/mol. The molecule has 2 rings (SSSR count). The largest absolute Gasteiger partial charge is 0.389 e. The molecule has 0 amide bonds. The molecule has 0 aliphatic heterocycles. The maximum Gasteiger partial charge on any atom is 0.0723 e. The first-order chi connectivity index (χ1) is 4.86. The molecule has 0 saturated heterocycles. The van der Waals surface area contributed by atoms with Gasteiger partial charge in [0.05, 0.1) is 6.10 Å². The summed E-state index contributed by atoms with van der Waals surface area (Å²) in [5.74, 6) is 1.82. The monoisotopic (exact) mass is 138 g/mol. The molecule has 0 aromatic heterocycles. The van der Waals surface area contributed by atoms with Crippen LogP contribution in [0.5, 0.6) is 0 Å². The molecule has 10 heavy (non-hydrogen) atoms. The van der Waals surface area contributed by atoms with E-state index in [2.05, 4.69) is 6.08 Å². The van der Waals surface area contributed by atoms with E-state index in [-0.39, 0.29) is 6.10 Å². The first-order valence-corrected chi connectivity index (χ1v) is 4.21. The second-order valence-electron chi connectivity index (χ2n) is 3.56. The molecule has 2 aliphatic carbocycles. The van der Waals surface area contributed by atoms with Gasteiger partial charge in [0.25, 0.3) is 0 Å². The van der Waals surface area contributed by atoms with Crippen molar-refractivity contribution in [1.82, 2.24) is 0 Å². The van der Waals surface area contributed by atoms with Gasteiger partial charge in [-0.1, -0.05) is 12.2 Å². The summed E-state index contributed by atoms with van der Waals surface area (Å²) in [5.41, 5.74) is 0. The Balaban J connectivity index is 1.97. The van der Waals surface area contributed by atoms with Crippen LogP contribution in [0.15, 0.2) is 12.2 Å². The summed E-state index contributed by atoms with van der Waals surface area (Å²) in [6.45, 7) is 0. The van der Waals surface area contributed by atoms with Crippen molar-refractivity contribution in [3.63, 3.8) is 0 Å². The highest BCUT2D eigenvalue weighted by Gasteiger charge is 2.37. The summed E-state index contributed by atoms with van der Waals surface area (Å²) in [5, 5.41) is 9.32. The molecule has 56 valence electrons. The van der Waals surface area contributed by atoms with Gasteiger partial charge in [-0.25, -0.2) is 0 Å². The Hall–Kier alpha value is -0.300. The summed E-state index contributed by atoms with van der Waals surface area (Å²) in [6, 6.07) is 0. The lowest BCUT2D eigenvalue weighted by Gasteiger charge is -2.07. The molecule has 1 heteroatoms. The van der Waals surface area contributed by atoms with Gasteiger partial charge in [-0.2, -0.15) is 0 Å². The van der Waals surface area contributed by atoms with Crippen molar-refractivity contribution < 1.29 is 5.11 Å². The Morgan fingerprint density at radius 1 is 1.20 bits per heavy atom. The fraction of sp³-hybridized carbons (Fsp3) is 0.778. The highest BCUT2D eigenvalue weighted by Crippen LogP contribution is 2.46. The molecule has 0 radical (unpaired) electrons. The van der Waals surface area contributed by atoms with Gasteiger partial charge in [-0.15, -0.1) is 0 Å². The van der Waals surface area contributed by atoms with Gasteiger partial charge in [0.2, 0.25) is 0 Å². The second-order valence-corrected chi connectivity index (χ2v) is 3.56. The van der Waals surface area contributed by atoms with Crippen LogP contribution in [-0.4, -0.2) is 11.2 Å². The van der Waals surface area contributed by atoms with E-state index in [0.717, 1.165) is 18.3 Å². The average Bonchev–Trinajstić information content (AvgIpc) is 2.54. The zero-order valence-electron chi connectivity index (χ0n) is 6.16. The first-order valence-electron chi connectivity index (χ1n) is 4.21. The van der Waals surface area contributed by atoms with Gasteiger partial charge in [0, 0.05) is 0 Å². The van der Waals surface area contributed by atoms with Crippen LogP contribution in [0, 0.1) is 11.8 Å². The van der Waals surface area contributed by atoms with Crippen molar-refractivity contribution >= 4 is 0 Å². The minimum absolute atomic E-state index is 0.143. The van der Waals surface area contributed by atoms with E-state index in [4.69, 9.17) is 0 Å². The van der Waals surface area contributed by atoms with Crippen LogP contribution < -0.4 is 0 Å². The van der Waals surface area contributed by atoms with Crippen molar-refractivity contribution in [1.29, 1.82) is 0 Å². The Morgan fingerprint density at radius 3 is 3.00 bits per heavy atom. The van der Waals surface area contributed by atoms with Crippen LogP contribution in [0.3, 0.4) is 0 Å². The van der Waals surface area contributed by atoms with Crippen molar-refractivity contribution in [2.75, 3.05) is 0 Å². The molecular weight excluding hydrogens is 124 g/mol. The molecule has 1 N–H and O–H groups in total. The summed E-state index contributed by atoms with van der Waals surface area (Å²) in [6.07, 6.45) is 8.86. The molecule has 2 aliphatic rings. The van der Waals surface area contributed by atoms with E-state index >= 15 is 0 Å². The highest BCUT2D eigenvalue weighted by atomic mass is 16.3. The SMILES string of the molecule is OC1/C=C\CCC2CC2C1. The van der Waals surface area contributed by atoms with E-state index in [1.165, 1.54) is 19.3 Å². The van der Waals surface area contributed by atoms with E-state index < -0.39 is 0 Å². The standard InChI is InChI=1S/C9H14O/c10-9-4-2-1-3-7-5-8(7)6-9/h2,4,7-10H,1,3,5-6H2/b4-2-. The molecule has 0 aromatic carbocycles. The Labute approximate surface area is 61.8 Å². The molecule has 0 aromatic rings. The molecule has 0 spiro atoms. The number of allylic oxidation sites excluding steroid dienone is 1. The third-order valence-corrected chi connectivity index (χ3v) is 2.68. The summed E-state index contributed by atoms with van der Waals surface area (Å²) in [7, 11) is 0. The van der Waals surface area contributed by atoms with Gasteiger partial charge in [0.1, 0.15) is 0 Å². The van der Waals surface area contributed by atoms with Crippen LogP contribution in [0.4, 0.5) is 0 Å². The topological polar surface area (TPSA) is 20.2 Å². The van der Waals surface area contributed by atoms with Gasteiger partial charge >= 0.3 is 0 Å². The Bertz CT molecular complexity index is 151. The number of aliphatic hydroxyl groups is 1. The minimum Gasteiger partial charge on any atom is -0.389 e. The number of aliphatic hydroxyl groups excluding tert-OH is 1. The van der Waals surface area contributed by atoms with Gasteiger partial charge < -0.3 is 5.11 Å². The zero-order chi connectivity index (χ0) is 6.97. The normalized spacial score (nSPS) is 48.7. The van der Waals surface area contributed by atoms with Crippen LogP contribution >= 0.6 is 0 Å². The third-order valence-electron chi connectivity index (χ3n) is 2.68. The Kier molecular flexibility index (Phi) is 1.53. The minimum atomic E-state index is -0.143. The lowest BCUT2D eigenvalue weighted by molar-refractivity contribution is 0.200. The maximum atomic E-state index is 9.32. The lowest BCUT2D eigenvalue weighted by Crippen LogP contribution is -2.05. The van der Waals surface area contributed by atoms with E-state index in [0.29, 0.717) is 0 Å². The summed E-state index contributed by atoms with van der Waals surface area (Å²) in [4.78, 5) is 0. The quantitative estimate of drug-likeness (QED) is 0.505. The van der Waals surface area contributed by atoms with E-state index in [1.807, 2.05) is 6.08 Å². The fourth-order valence-corrected chi connectivity index (χ4v) is 1.90. The number of fused-ring (bicyclic) bond motifs is 1. The molecule has 1 saturated carbocycles. The van der Waals surface area contributed by atoms with E-state index in [9.17, 15) is 5.11 Å². The first kappa shape index (κ1) is 6.41. The molecule has 0 bridgehead atoms. The molecule has 3 atom stereocenters. The molecule has 0 heterocycles. The molecule has 1 fully saturated rings. The highest BCUT2D eigenvalue weighted by molar-refractivity contribution is 4.99. The average molecular weight is 138 g/mol. The number of hydrogen-bond donors (Lipinski definition) is 1. The van der Waals surface area contributed by atoms with Crippen molar-refractivity contribution in [3.05, 3.63) is 12.2 Å². The maximum absolute atomic E-state index is 9.32. The summed E-state index contributed by atoms with van der Waals surface area (Å²) < 4.78 is 0. The Morgan fingerprint density at radius 2 is 2.10 bits per heavy atom. The number of hydrogen-bond acceptors (Lipinski definition) is 1. The zero-order valence-corrected chi connectivity index (χ0v) is 6.16. The molecular formula is C9H14O. The van der Waals surface area contributed by atoms with E-state index in [1.54, 1.807) is 0 Å². The summed E-state index contributed by atoms with van der Waals surface area (Å²) >= 11 is 0. The van der Waals surface area contributed by atoms with Gasteiger partial charge in [-0.05, 0) is 37.5 Å². The fourth-order valence-electron chi connectivity index (χ4n) is 1.90. The van der Waals surface area contributed by atoms with Crippen molar-refractivity contribution in [2.45, 2.75) is 31.8 Å². The predicted octanol–water partition coefficient (Wildman–Crippen LogP) is 1.72. The molecule has 1 nitrogen and oxygen atoms in total.